The van der Waals surface area contributed by atoms with Crippen LogP contribution >= 0.6 is 0 Å². The molecule has 1 aromatic carbocycles. The van der Waals surface area contributed by atoms with Gasteiger partial charge < -0.3 is 10.7 Å². The number of hydrogen-bond donors (Lipinski definition) is 2. The molecule has 2 unspecified atom stereocenters. The van der Waals surface area contributed by atoms with Crippen molar-refractivity contribution < 1.29 is 0 Å². The van der Waals surface area contributed by atoms with E-state index in [9.17, 15) is 0 Å². The molecule has 2 nitrogen and oxygen atoms in total. The van der Waals surface area contributed by atoms with Gasteiger partial charge in [-0.2, -0.15) is 0 Å². The third-order valence-electron chi connectivity index (χ3n) is 4.75. The standard InChI is InChI=1S/C17H24N2/c1-10-7-11(2)17-15(8-10)14(12(3)19-17)9-13-5-4-6-16(13)18/h7-8,13,16,19H,4-6,9,18H2,1-3H3. The second-order valence-electron chi connectivity index (χ2n) is 6.29. The molecule has 102 valence electrons. The largest absolute Gasteiger partial charge is 0.358 e. The minimum atomic E-state index is 0.398. The maximum atomic E-state index is 6.24. The molecule has 2 atom stereocenters. The third-order valence-corrected chi connectivity index (χ3v) is 4.75. The zero-order chi connectivity index (χ0) is 13.6. The molecule has 1 aliphatic rings. The van der Waals surface area contributed by atoms with Crippen LogP contribution in [0.1, 0.15) is 41.6 Å². The van der Waals surface area contributed by atoms with Crippen LogP contribution in [0.2, 0.25) is 0 Å². The molecule has 0 aliphatic heterocycles. The highest BCUT2D eigenvalue weighted by Crippen LogP contribution is 2.33. The highest BCUT2D eigenvalue weighted by molar-refractivity contribution is 5.88. The minimum Gasteiger partial charge on any atom is -0.358 e. The van der Waals surface area contributed by atoms with Gasteiger partial charge in [0.25, 0.3) is 0 Å². The molecular formula is C17H24N2. The maximum Gasteiger partial charge on any atom is 0.0488 e. The number of aromatic nitrogens is 1. The number of nitrogens with one attached hydrogen (secondary N) is 1. The molecular weight excluding hydrogens is 232 g/mol. The molecule has 2 heteroatoms. The van der Waals surface area contributed by atoms with E-state index in [0.29, 0.717) is 12.0 Å². The van der Waals surface area contributed by atoms with Crippen molar-refractivity contribution in [1.29, 1.82) is 0 Å². The summed E-state index contributed by atoms with van der Waals surface area (Å²) in [5.41, 5.74) is 13.1. The van der Waals surface area contributed by atoms with Crippen molar-refractivity contribution in [2.45, 2.75) is 52.5 Å². The number of aryl methyl sites for hydroxylation is 3. The topological polar surface area (TPSA) is 41.8 Å². The number of rotatable bonds is 2. The van der Waals surface area contributed by atoms with Crippen LogP contribution in [0.3, 0.4) is 0 Å². The van der Waals surface area contributed by atoms with Crippen LogP contribution in [-0.4, -0.2) is 11.0 Å². The van der Waals surface area contributed by atoms with E-state index in [4.69, 9.17) is 5.73 Å². The normalized spacial score (nSPS) is 23.4. The van der Waals surface area contributed by atoms with Crippen molar-refractivity contribution in [1.82, 2.24) is 4.98 Å². The molecule has 0 spiro atoms. The second-order valence-corrected chi connectivity index (χ2v) is 6.29. The highest BCUT2D eigenvalue weighted by Gasteiger charge is 2.25. The molecule has 1 aliphatic carbocycles. The van der Waals surface area contributed by atoms with E-state index in [-0.39, 0.29) is 0 Å². The van der Waals surface area contributed by atoms with Crippen molar-refractivity contribution in [3.63, 3.8) is 0 Å². The molecule has 1 saturated carbocycles. The Morgan fingerprint density at radius 2 is 2.00 bits per heavy atom. The Labute approximate surface area is 115 Å². The quantitative estimate of drug-likeness (QED) is 0.844. The first-order valence-electron chi connectivity index (χ1n) is 7.40. The number of nitrogens with two attached hydrogens (primary N) is 1. The van der Waals surface area contributed by atoms with Gasteiger partial charge in [0.05, 0.1) is 0 Å². The smallest absolute Gasteiger partial charge is 0.0488 e. The fourth-order valence-electron chi connectivity index (χ4n) is 3.68. The Hall–Kier alpha value is -1.28. The van der Waals surface area contributed by atoms with Crippen LogP contribution < -0.4 is 5.73 Å². The molecule has 0 radical (unpaired) electrons. The number of H-pyrrole nitrogens is 1. The molecule has 0 bridgehead atoms. The van der Waals surface area contributed by atoms with Crippen molar-refractivity contribution in [3.8, 4) is 0 Å². The minimum absolute atomic E-state index is 0.398. The molecule has 0 saturated heterocycles. The number of fused-ring (bicyclic) bond motifs is 1. The third kappa shape index (κ3) is 2.18. The zero-order valence-electron chi connectivity index (χ0n) is 12.2. The lowest BCUT2D eigenvalue weighted by molar-refractivity contribution is 0.479. The van der Waals surface area contributed by atoms with Crippen LogP contribution in [0.15, 0.2) is 12.1 Å². The van der Waals surface area contributed by atoms with Crippen LogP contribution in [0.5, 0.6) is 0 Å². The SMILES string of the molecule is Cc1cc(C)c2[nH]c(C)c(CC3CCCC3N)c2c1. The molecule has 3 N–H and O–H groups in total. The Balaban J connectivity index is 2.05. The van der Waals surface area contributed by atoms with E-state index in [1.54, 1.807) is 0 Å². The summed E-state index contributed by atoms with van der Waals surface area (Å²) in [6.07, 6.45) is 4.92. The lowest BCUT2D eigenvalue weighted by Gasteiger charge is -2.15. The zero-order valence-corrected chi connectivity index (χ0v) is 12.2. The predicted molar refractivity (Wildman–Crippen MR) is 81.5 cm³/mol. The summed E-state index contributed by atoms with van der Waals surface area (Å²) in [7, 11) is 0. The Morgan fingerprint density at radius 3 is 2.68 bits per heavy atom. The van der Waals surface area contributed by atoms with E-state index >= 15 is 0 Å². The number of aromatic amines is 1. The Kier molecular flexibility index (Phi) is 3.14. The van der Waals surface area contributed by atoms with Gasteiger partial charge in [0.15, 0.2) is 0 Å². The number of hydrogen-bond acceptors (Lipinski definition) is 1. The number of benzene rings is 1. The van der Waals surface area contributed by atoms with Gasteiger partial charge in [-0.1, -0.05) is 18.1 Å². The van der Waals surface area contributed by atoms with Crippen molar-refractivity contribution in [2.24, 2.45) is 11.7 Å². The summed E-state index contributed by atoms with van der Waals surface area (Å²) in [6.45, 7) is 6.57. The summed E-state index contributed by atoms with van der Waals surface area (Å²) in [4.78, 5) is 3.57. The van der Waals surface area contributed by atoms with Crippen molar-refractivity contribution in [2.75, 3.05) is 0 Å². The van der Waals surface area contributed by atoms with E-state index in [1.165, 1.54) is 52.5 Å². The Bertz CT molecular complexity index is 609. The molecule has 2 aromatic rings. The average molecular weight is 256 g/mol. The van der Waals surface area contributed by atoms with Gasteiger partial charge >= 0.3 is 0 Å². The summed E-state index contributed by atoms with van der Waals surface area (Å²) >= 11 is 0. The summed E-state index contributed by atoms with van der Waals surface area (Å²) in [5.74, 6) is 0.665. The van der Waals surface area contributed by atoms with Gasteiger partial charge in [-0.15, -0.1) is 0 Å². The molecule has 0 amide bonds. The van der Waals surface area contributed by atoms with E-state index in [1.807, 2.05) is 0 Å². The van der Waals surface area contributed by atoms with Crippen LogP contribution in [0, 0.1) is 26.7 Å². The van der Waals surface area contributed by atoms with E-state index in [2.05, 4.69) is 37.9 Å². The van der Waals surface area contributed by atoms with Crippen LogP contribution in [0.4, 0.5) is 0 Å². The molecule has 1 aromatic heterocycles. The highest BCUT2D eigenvalue weighted by atomic mass is 14.7. The van der Waals surface area contributed by atoms with Gasteiger partial charge in [0.1, 0.15) is 0 Å². The lowest BCUT2D eigenvalue weighted by Crippen LogP contribution is -2.26. The molecule has 19 heavy (non-hydrogen) atoms. The van der Waals surface area contributed by atoms with Gasteiger partial charge in [-0.05, 0) is 63.1 Å². The first-order chi connectivity index (χ1) is 9.06. The first-order valence-corrected chi connectivity index (χ1v) is 7.40. The van der Waals surface area contributed by atoms with Gasteiger partial charge in [0, 0.05) is 22.6 Å². The maximum absolute atomic E-state index is 6.24. The predicted octanol–water partition coefficient (Wildman–Crippen LogP) is 3.76. The van der Waals surface area contributed by atoms with E-state index < -0.39 is 0 Å². The first kappa shape index (κ1) is 12.7. The van der Waals surface area contributed by atoms with Crippen LogP contribution in [0.25, 0.3) is 10.9 Å². The fraction of sp³-hybridized carbons (Fsp3) is 0.529. The van der Waals surface area contributed by atoms with Gasteiger partial charge in [-0.3, -0.25) is 0 Å². The lowest BCUT2D eigenvalue weighted by atomic mass is 9.92. The van der Waals surface area contributed by atoms with E-state index in [0.717, 1.165) is 6.42 Å². The second kappa shape index (κ2) is 4.68. The summed E-state index contributed by atoms with van der Waals surface area (Å²) in [6, 6.07) is 4.97. The van der Waals surface area contributed by atoms with Crippen molar-refractivity contribution in [3.05, 3.63) is 34.5 Å². The molecule has 1 heterocycles. The van der Waals surface area contributed by atoms with Gasteiger partial charge in [0.2, 0.25) is 0 Å². The average Bonchev–Trinajstić information content (AvgIpc) is 2.87. The summed E-state index contributed by atoms with van der Waals surface area (Å²) < 4.78 is 0. The Morgan fingerprint density at radius 1 is 1.21 bits per heavy atom. The van der Waals surface area contributed by atoms with Crippen molar-refractivity contribution >= 4 is 10.9 Å². The fourth-order valence-corrected chi connectivity index (χ4v) is 3.68. The molecule has 1 fully saturated rings. The van der Waals surface area contributed by atoms with Gasteiger partial charge in [-0.25, -0.2) is 0 Å². The molecule has 3 rings (SSSR count). The summed E-state index contributed by atoms with van der Waals surface area (Å²) in [5, 5.41) is 1.41. The van der Waals surface area contributed by atoms with Crippen LogP contribution in [-0.2, 0) is 6.42 Å². The monoisotopic (exact) mass is 256 g/mol.